The van der Waals surface area contributed by atoms with E-state index in [1.165, 1.54) is 12.1 Å². The molecular formula is C20H28FN3O2. The van der Waals surface area contributed by atoms with Gasteiger partial charge in [0.25, 0.3) is 0 Å². The third-order valence-corrected chi connectivity index (χ3v) is 5.51. The first-order valence-electron chi connectivity index (χ1n) is 9.44. The van der Waals surface area contributed by atoms with Crippen LogP contribution in [0.5, 0.6) is 0 Å². The molecule has 0 aromatic heterocycles. The number of amides is 2. The monoisotopic (exact) mass is 361 g/mol. The lowest BCUT2D eigenvalue weighted by Gasteiger charge is -2.37. The van der Waals surface area contributed by atoms with E-state index in [2.05, 4.69) is 0 Å². The smallest absolute Gasteiger partial charge is 0.244 e. The minimum absolute atomic E-state index is 0.0670. The van der Waals surface area contributed by atoms with Gasteiger partial charge in [-0.3, -0.25) is 14.5 Å². The van der Waals surface area contributed by atoms with Gasteiger partial charge in [0.05, 0.1) is 0 Å². The van der Waals surface area contributed by atoms with Crippen LogP contribution in [-0.4, -0.2) is 66.8 Å². The quantitative estimate of drug-likeness (QED) is 0.808. The van der Waals surface area contributed by atoms with E-state index in [1.54, 1.807) is 12.1 Å². The van der Waals surface area contributed by atoms with Crippen LogP contribution in [-0.2, 0) is 9.59 Å². The van der Waals surface area contributed by atoms with Gasteiger partial charge >= 0.3 is 0 Å². The second kappa shape index (κ2) is 8.16. The second-order valence-electron chi connectivity index (χ2n) is 7.63. The molecule has 1 aromatic carbocycles. The molecule has 0 spiro atoms. The van der Waals surface area contributed by atoms with Gasteiger partial charge in [-0.15, -0.1) is 0 Å². The summed E-state index contributed by atoms with van der Waals surface area (Å²) in [5.74, 6) is 0.519. The average Bonchev–Trinajstić information content (AvgIpc) is 3.02. The van der Waals surface area contributed by atoms with Crippen molar-refractivity contribution in [1.82, 2.24) is 14.7 Å². The number of rotatable bonds is 5. The molecule has 2 heterocycles. The van der Waals surface area contributed by atoms with Crippen molar-refractivity contribution in [1.29, 1.82) is 0 Å². The molecule has 0 N–H and O–H groups in total. The predicted molar refractivity (Wildman–Crippen MR) is 97.9 cm³/mol. The van der Waals surface area contributed by atoms with Crippen LogP contribution in [0.1, 0.15) is 37.3 Å². The Labute approximate surface area is 154 Å². The number of hydrogen-bond donors (Lipinski definition) is 0. The number of carbonyl (C=O) groups excluding carboxylic acids is 2. The summed E-state index contributed by atoms with van der Waals surface area (Å²) >= 11 is 0. The second-order valence-corrected chi connectivity index (χ2v) is 7.63. The summed E-state index contributed by atoms with van der Waals surface area (Å²) in [6, 6.07) is 5.77. The Hall–Kier alpha value is -1.95. The molecular weight excluding hydrogens is 333 g/mol. The number of benzene rings is 1. The summed E-state index contributed by atoms with van der Waals surface area (Å²) in [5.41, 5.74) is 0.811. The topological polar surface area (TPSA) is 43.9 Å². The highest BCUT2D eigenvalue weighted by atomic mass is 19.1. The molecule has 1 aromatic rings. The Morgan fingerprint density at radius 3 is 2.38 bits per heavy atom. The Morgan fingerprint density at radius 2 is 1.85 bits per heavy atom. The minimum Gasteiger partial charge on any atom is -0.342 e. The fourth-order valence-corrected chi connectivity index (χ4v) is 4.02. The van der Waals surface area contributed by atoms with Crippen molar-refractivity contribution in [2.45, 2.75) is 31.7 Å². The van der Waals surface area contributed by atoms with Gasteiger partial charge in [0.2, 0.25) is 11.8 Å². The summed E-state index contributed by atoms with van der Waals surface area (Å²) in [6.07, 6.45) is 3.51. The maximum atomic E-state index is 13.2. The van der Waals surface area contributed by atoms with E-state index >= 15 is 0 Å². The SMILES string of the molecule is CN(C)C(C(=O)N1CCC(CN2CCCC2=O)CC1)c1ccc(F)cc1. The van der Waals surface area contributed by atoms with Crippen molar-refractivity contribution < 1.29 is 14.0 Å². The van der Waals surface area contributed by atoms with Crippen molar-refractivity contribution in [3.8, 4) is 0 Å². The van der Waals surface area contributed by atoms with E-state index in [9.17, 15) is 14.0 Å². The highest BCUT2D eigenvalue weighted by Gasteiger charge is 2.32. The maximum Gasteiger partial charge on any atom is 0.244 e. The van der Waals surface area contributed by atoms with Crippen LogP contribution >= 0.6 is 0 Å². The lowest BCUT2D eigenvalue weighted by molar-refractivity contribution is -0.138. The van der Waals surface area contributed by atoms with Gasteiger partial charge in [-0.2, -0.15) is 0 Å². The van der Waals surface area contributed by atoms with Crippen LogP contribution in [0, 0.1) is 11.7 Å². The summed E-state index contributed by atoms with van der Waals surface area (Å²) in [5, 5.41) is 0. The van der Waals surface area contributed by atoms with Crippen molar-refractivity contribution >= 4 is 11.8 Å². The first-order valence-corrected chi connectivity index (χ1v) is 9.44. The molecule has 0 bridgehead atoms. The molecule has 3 rings (SSSR count). The Morgan fingerprint density at radius 1 is 1.19 bits per heavy atom. The summed E-state index contributed by atoms with van der Waals surface area (Å²) < 4.78 is 13.2. The van der Waals surface area contributed by atoms with E-state index in [-0.39, 0.29) is 17.6 Å². The van der Waals surface area contributed by atoms with Crippen molar-refractivity contribution in [3.63, 3.8) is 0 Å². The van der Waals surface area contributed by atoms with Crippen LogP contribution in [0.3, 0.4) is 0 Å². The molecule has 1 atom stereocenters. The summed E-state index contributed by atoms with van der Waals surface area (Å²) in [7, 11) is 3.75. The van der Waals surface area contributed by atoms with Gasteiger partial charge in [-0.05, 0) is 57.0 Å². The average molecular weight is 361 g/mol. The van der Waals surface area contributed by atoms with Crippen LogP contribution in [0.25, 0.3) is 0 Å². The molecule has 0 aliphatic carbocycles. The molecule has 2 fully saturated rings. The normalized spacial score (nSPS) is 20.1. The zero-order valence-corrected chi connectivity index (χ0v) is 15.7. The number of nitrogens with zero attached hydrogens (tertiary/aromatic N) is 3. The largest absolute Gasteiger partial charge is 0.342 e. The third kappa shape index (κ3) is 4.23. The van der Waals surface area contributed by atoms with Crippen LogP contribution < -0.4 is 0 Å². The molecule has 0 radical (unpaired) electrons. The molecule has 5 nitrogen and oxygen atoms in total. The van der Waals surface area contributed by atoms with E-state index in [0.29, 0.717) is 12.3 Å². The zero-order chi connectivity index (χ0) is 18.7. The van der Waals surface area contributed by atoms with Gasteiger partial charge in [0.1, 0.15) is 11.9 Å². The molecule has 2 amide bonds. The molecule has 142 valence electrons. The fraction of sp³-hybridized carbons (Fsp3) is 0.600. The van der Waals surface area contributed by atoms with Crippen molar-refractivity contribution in [3.05, 3.63) is 35.6 Å². The zero-order valence-electron chi connectivity index (χ0n) is 15.7. The molecule has 0 saturated carbocycles. The lowest BCUT2D eigenvalue weighted by atomic mass is 9.95. The maximum absolute atomic E-state index is 13.2. The fourth-order valence-electron chi connectivity index (χ4n) is 4.02. The van der Waals surface area contributed by atoms with Crippen LogP contribution in [0.2, 0.25) is 0 Å². The van der Waals surface area contributed by atoms with Crippen LogP contribution in [0.15, 0.2) is 24.3 Å². The third-order valence-electron chi connectivity index (χ3n) is 5.51. The highest BCUT2D eigenvalue weighted by Crippen LogP contribution is 2.26. The standard InChI is InChI=1S/C20H28FN3O2/c1-22(2)19(16-5-7-17(21)8-6-16)20(26)23-12-9-15(10-13-23)14-24-11-3-4-18(24)25/h5-8,15,19H,3-4,9-14H2,1-2H3. The summed E-state index contributed by atoms with van der Waals surface area (Å²) in [4.78, 5) is 30.6. The lowest BCUT2D eigenvalue weighted by Crippen LogP contribution is -2.46. The molecule has 1 unspecified atom stereocenters. The first kappa shape index (κ1) is 18.8. The van der Waals surface area contributed by atoms with Gasteiger partial charge in [-0.1, -0.05) is 12.1 Å². The number of halogens is 1. The van der Waals surface area contributed by atoms with Crippen molar-refractivity contribution in [2.24, 2.45) is 5.92 Å². The molecule has 6 heteroatoms. The molecule has 2 aliphatic heterocycles. The molecule has 2 saturated heterocycles. The van der Waals surface area contributed by atoms with Gasteiger partial charge < -0.3 is 9.80 Å². The number of carbonyl (C=O) groups is 2. The summed E-state index contributed by atoms with van der Waals surface area (Å²) in [6.45, 7) is 3.15. The number of piperidine rings is 1. The van der Waals surface area contributed by atoms with Gasteiger partial charge in [-0.25, -0.2) is 4.39 Å². The van der Waals surface area contributed by atoms with Gasteiger partial charge in [0, 0.05) is 32.6 Å². The number of likely N-dealkylation sites (tertiary alicyclic amines) is 2. The number of hydrogen-bond acceptors (Lipinski definition) is 3. The Bertz CT molecular complexity index is 639. The van der Waals surface area contributed by atoms with Gasteiger partial charge in [0.15, 0.2) is 0 Å². The van der Waals surface area contributed by atoms with E-state index in [1.807, 2.05) is 28.8 Å². The van der Waals surface area contributed by atoms with E-state index in [4.69, 9.17) is 0 Å². The number of likely N-dealkylation sites (N-methyl/N-ethyl adjacent to an activating group) is 1. The van der Waals surface area contributed by atoms with E-state index < -0.39 is 6.04 Å². The van der Waals surface area contributed by atoms with E-state index in [0.717, 1.165) is 51.0 Å². The highest BCUT2D eigenvalue weighted by molar-refractivity contribution is 5.83. The first-order chi connectivity index (χ1) is 12.5. The predicted octanol–water partition coefficient (Wildman–Crippen LogP) is 2.29. The molecule has 2 aliphatic rings. The Balaban J connectivity index is 1.59. The van der Waals surface area contributed by atoms with Crippen LogP contribution in [0.4, 0.5) is 4.39 Å². The Kier molecular flexibility index (Phi) is 5.91. The minimum atomic E-state index is -0.396. The van der Waals surface area contributed by atoms with Crippen molar-refractivity contribution in [2.75, 3.05) is 40.3 Å². The molecule has 26 heavy (non-hydrogen) atoms.